The maximum absolute atomic E-state index is 13.6. The first-order valence-corrected chi connectivity index (χ1v) is 5.01. The van der Waals surface area contributed by atoms with Crippen molar-refractivity contribution in [1.29, 1.82) is 0 Å². The van der Waals surface area contributed by atoms with Crippen molar-refractivity contribution in [1.82, 2.24) is 0 Å². The minimum absolute atomic E-state index is 0.0948. The highest BCUT2D eigenvalue weighted by atomic mass is 19.3. The standard InChI is InChI=1S/C13H13F3O/c1-3-9-17-12(13(15,16)4-2)10-7-5-6-8-11(10)14/h3-8,12H,1-2,9H2. The normalized spacial score (nSPS) is 13.1. The highest BCUT2D eigenvalue weighted by molar-refractivity contribution is 5.23. The van der Waals surface area contributed by atoms with E-state index < -0.39 is 17.8 Å². The van der Waals surface area contributed by atoms with E-state index >= 15 is 0 Å². The van der Waals surface area contributed by atoms with Gasteiger partial charge in [0.1, 0.15) is 5.82 Å². The lowest BCUT2D eigenvalue weighted by molar-refractivity contribution is -0.103. The molecule has 1 unspecified atom stereocenters. The van der Waals surface area contributed by atoms with Crippen molar-refractivity contribution in [3.8, 4) is 0 Å². The lowest BCUT2D eigenvalue weighted by Crippen LogP contribution is -2.27. The molecule has 0 spiro atoms. The number of alkyl halides is 2. The van der Waals surface area contributed by atoms with Crippen LogP contribution in [0.4, 0.5) is 13.2 Å². The van der Waals surface area contributed by atoms with Gasteiger partial charge < -0.3 is 4.74 Å². The van der Waals surface area contributed by atoms with Crippen LogP contribution in [0.15, 0.2) is 49.6 Å². The average Bonchev–Trinajstić information content (AvgIpc) is 2.31. The van der Waals surface area contributed by atoms with Gasteiger partial charge in [-0.1, -0.05) is 30.9 Å². The maximum atomic E-state index is 13.6. The highest BCUT2D eigenvalue weighted by Gasteiger charge is 2.39. The predicted octanol–water partition coefficient (Wildman–Crippen LogP) is 3.89. The summed E-state index contributed by atoms with van der Waals surface area (Å²) in [5.74, 6) is -4.08. The molecule has 1 atom stereocenters. The van der Waals surface area contributed by atoms with Gasteiger partial charge in [-0.3, -0.25) is 0 Å². The molecular formula is C13H13F3O. The molecule has 0 radical (unpaired) electrons. The summed E-state index contributed by atoms with van der Waals surface area (Å²) in [7, 11) is 0. The first kappa shape index (κ1) is 13.5. The van der Waals surface area contributed by atoms with Gasteiger partial charge in [0, 0.05) is 5.56 Å². The largest absolute Gasteiger partial charge is 0.363 e. The van der Waals surface area contributed by atoms with Gasteiger partial charge in [0.05, 0.1) is 6.61 Å². The van der Waals surface area contributed by atoms with Crippen molar-refractivity contribution in [2.75, 3.05) is 6.61 Å². The Morgan fingerprint density at radius 2 is 1.94 bits per heavy atom. The molecule has 4 heteroatoms. The van der Waals surface area contributed by atoms with Crippen LogP contribution in [0.3, 0.4) is 0 Å². The Hall–Kier alpha value is -1.55. The van der Waals surface area contributed by atoms with Crippen molar-refractivity contribution in [2.24, 2.45) is 0 Å². The third-order valence-electron chi connectivity index (χ3n) is 2.19. The van der Waals surface area contributed by atoms with E-state index in [1.54, 1.807) is 0 Å². The molecule has 1 rings (SSSR count). The Bertz CT molecular complexity index is 401. The molecule has 0 aliphatic carbocycles. The van der Waals surface area contributed by atoms with E-state index in [9.17, 15) is 13.2 Å². The summed E-state index contributed by atoms with van der Waals surface area (Å²) >= 11 is 0. The lowest BCUT2D eigenvalue weighted by Gasteiger charge is -2.24. The van der Waals surface area contributed by atoms with Crippen LogP contribution in [0.2, 0.25) is 0 Å². The Balaban J connectivity index is 3.10. The van der Waals surface area contributed by atoms with Crippen molar-refractivity contribution >= 4 is 0 Å². The Morgan fingerprint density at radius 3 is 2.47 bits per heavy atom. The molecule has 0 saturated carbocycles. The molecule has 0 amide bonds. The molecule has 17 heavy (non-hydrogen) atoms. The molecule has 92 valence electrons. The second-order valence-corrected chi connectivity index (χ2v) is 3.40. The van der Waals surface area contributed by atoms with Crippen LogP contribution in [0.5, 0.6) is 0 Å². The monoisotopic (exact) mass is 242 g/mol. The molecule has 0 aromatic heterocycles. The summed E-state index contributed by atoms with van der Waals surface area (Å²) in [4.78, 5) is 0. The minimum Gasteiger partial charge on any atom is -0.363 e. The zero-order valence-electron chi connectivity index (χ0n) is 9.20. The van der Waals surface area contributed by atoms with Crippen molar-refractivity contribution in [3.05, 3.63) is 61.0 Å². The zero-order valence-corrected chi connectivity index (χ0v) is 9.20. The van der Waals surface area contributed by atoms with Crippen molar-refractivity contribution < 1.29 is 17.9 Å². The molecule has 1 aromatic carbocycles. The number of hydrogen-bond acceptors (Lipinski definition) is 1. The fraction of sp³-hybridized carbons (Fsp3) is 0.231. The molecule has 0 fully saturated rings. The molecule has 1 nitrogen and oxygen atoms in total. The van der Waals surface area contributed by atoms with Crippen LogP contribution in [-0.2, 0) is 4.74 Å². The number of rotatable bonds is 6. The summed E-state index contributed by atoms with van der Waals surface area (Å²) in [6.07, 6.45) is 0.0828. The van der Waals surface area contributed by atoms with E-state index in [0.717, 1.165) is 6.07 Å². The summed E-state index contributed by atoms with van der Waals surface area (Å²) < 4.78 is 45.5. The molecule has 0 aliphatic rings. The summed E-state index contributed by atoms with van der Waals surface area (Å²) in [6, 6.07) is 5.27. The van der Waals surface area contributed by atoms with E-state index in [4.69, 9.17) is 4.74 Å². The van der Waals surface area contributed by atoms with Gasteiger partial charge in [0.15, 0.2) is 6.10 Å². The number of hydrogen-bond donors (Lipinski definition) is 0. The third kappa shape index (κ3) is 3.20. The van der Waals surface area contributed by atoms with Gasteiger partial charge in [0.2, 0.25) is 0 Å². The van der Waals surface area contributed by atoms with E-state index in [0.29, 0.717) is 6.08 Å². The molecule has 0 heterocycles. The van der Waals surface area contributed by atoms with E-state index in [1.807, 2.05) is 0 Å². The van der Waals surface area contributed by atoms with E-state index in [-0.39, 0.29) is 12.2 Å². The number of benzene rings is 1. The number of ether oxygens (including phenoxy) is 1. The fourth-order valence-corrected chi connectivity index (χ4v) is 1.37. The topological polar surface area (TPSA) is 9.23 Å². The summed E-state index contributed by atoms with van der Waals surface area (Å²) in [5.41, 5.74) is -0.195. The van der Waals surface area contributed by atoms with Gasteiger partial charge in [-0.15, -0.1) is 6.58 Å². The van der Waals surface area contributed by atoms with Gasteiger partial charge in [-0.2, -0.15) is 8.78 Å². The van der Waals surface area contributed by atoms with Gasteiger partial charge >= 0.3 is 0 Å². The summed E-state index contributed by atoms with van der Waals surface area (Å²) in [6.45, 7) is 6.31. The molecule has 1 aromatic rings. The SMILES string of the molecule is C=CCOC(c1ccccc1F)C(F)(F)C=C. The van der Waals surface area contributed by atoms with Crippen LogP contribution in [-0.4, -0.2) is 12.5 Å². The highest BCUT2D eigenvalue weighted by Crippen LogP contribution is 2.36. The van der Waals surface area contributed by atoms with E-state index in [2.05, 4.69) is 13.2 Å². The Labute approximate surface area is 98.2 Å². The summed E-state index contributed by atoms with van der Waals surface area (Å²) in [5, 5.41) is 0. The van der Waals surface area contributed by atoms with E-state index in [1.165, 1.54) is 24.3 Å². The smallest absolute Gasteiger partial charge is 0.296 e. The fourth-order valence-electron chi connectivity index (χ4n) is 1.37. The Morgan fingerprint density at radius 1 is 1.29 bits per heavy atom. The van der Waals surface area contributed by atoms with Crippen LogP contribution >= 0.6 is 0 Å². The molecule has 0 aliphatic heterocycles. The van der Waals surface area contributed by atoms with Gasteiger partial charge in [0.25, 0.3) is 5.92 Å². The molecule has 0 N–H and O–H groups in total. The maximum Gasteiger partial charge on any atom is 0.296 e. The molecule has 0 bridgehead atoms. The molecular weight excluding hydrogens is 229 g/mol. The second-order valence-electron chi connectivity index (χ2n) is 3.40. The predicted molar refractivity (Wildman–Crippen MR) is 60.4 cm³/mol. The van der Waals surface area contributed by atoms with Gasteiger partial charge in [-0.25, -0.2) is 4.39 Å². The van der Waals surface area contributed by atoms with Crippen LogP contribution in [0.25, 0.3) is 0 Å². The second kappa shape index (κ2) is 5.68. The third-order valence-corrected chi connectivity index (χ3v) is 2.19. The lowest BCUT2D eigenvalue weighted by atomic mass is 10.0. The van der Waals surface area contributed by atoms with Crippen molar-refractivity contribution in [2.45, 2.75) is 12.0 Å². The average molecular weight is 242 g/mol. The van der Waals surface area contributed by atoms with Crippen molar-refractivity contribution in [3.63, 3.8) is 0 Å². The van der Waals surface area contributed by atoms with Gasteiger partial charge in [-0.05, 0) is 12.1 Å². The van der Waals surface area contributed by atoms with Crippen LogP contribution in [0.1, 0.15) is 11.7 Å². The van der Waals surface area contributed by atoms with Crippen LogP contribution in [0, 0.1) is 5.82 Å². The van der Waals surface area contributed by atoms with Crippen LogP contribution < -0.4 is 0 Å². The minimum atomic E-state index is -3.34. The number of halogens is 3. The first-order valence-electron chi connectivity index (χ1n) is 5.01. The first-order chi connectivity index (χ1) is 8.03. The Kier molecular flexibility index (Phi) is 4.52. The molecule has 0 saturated heterocycles. The quantitative estimate of drug-likeness (QED) is 0.687. The zero-order chi connectivity index (χ0) is 12.9.